The summed E-state index contributed by atoms with van der Waals surface area (Å²) in [6.07, 6.45) is 0. The van der Waals surface area contributed by atoms with Gasteiger partial charge in [0.1, 0.15) is 6.61 Å². The van der Waals surface area contributed by atoms with Gasteiger partial charge in [0.2, 0.25) is 0 Å². The van der Waals surface area contributed by atoms with E-state index in [4.69, 9.17) is 4.84 Å². The highest BCUT2D eigenvalue weighted by atomic mass is 16.6. The molecule has 0 radical (unpaired) electrons. The molecule has 0 aromatic heterocycles. The van der Waals surface area contributed by atoms with Gasteiger partial charge >= 0.3 is 0 Å². The second-order valence-corrected chi connectivity index (χ2v) is 2.46. The summed E-state index contributed by atoms with van der Waals surface area (Å²) in [6, 6.07) is 9.41. The van der Waals surface area contributed by atoms with Gasteiger partial charge in [0.05, 0.1) is 5.69 Å². The molecule has 0 unspecified atom stereocenters. The number of anilines is 1. The van der Waals surface area contributed by atoms with Gasteiger partial charge in [-0.25, -0.2) is 0 Å². The lowest BCUT2D eigenvalue weighted by molar-refractivity contribution is -0.120. The molecule has 3 nitrogen and oxygen atoms in total. The van der Waals surface area contributed by atoms with E-state index in [0.29, 0.717) is 0 Å². The van der Waals surface area contributed by atoms with Crippen LogP contribution in [0.25, 0.3) is 0 Å². The lowest BCUT2D eigenvalue weighted by Gasteiger charge is -2.03. The quantitative estimate of drug-likeness (QED) is 0.689. The topological polar surface area (TPSA) is 38.3 Å². The third kappa shape index (κ3) is 3.16. The summed E-state index contributed by atoms with van der Waals surface area (Å²) in [4.78, 5) is 15.4. The van der Waals surface area contributed by atoms with E-state index in [1.807, 2.05) is 30.3 Å². The van der Waals surface area contributed by atoms with Crippen molar-refractivity contribution in [2.45, 2.75) is 6.92 Å². The zero-order valence-electron chi connectivity index (χ0n) is 6.91. The van der Waals surface area contributed by atoms with Crippen LogP contribution in [0.5, 0.6) is 0 Å². The Morgan fingerprint density at radius 1 is 1.42 bits per heavy atom. The smallest absolute Gasteiger partial charge is 0.158 e. The van der Waals surface area contributed by atoms with E-state index >= 15 is 0 Å². The van der Waals surface area contributed by atoms with Crippen molar-refractivity contribution >= 4 is 11.5 Å². The molecular formula is C9H11NO2. The van der Waals surface area contributed by atoms with Gasteiger partial charge in [-0.05, 0) is 19.1 Å². The Morgan fingerprint density at radius 2 is 2.08 bits per heavy atom. The van der Waals surface area contributed by atoms with E-state index in [0.717, 1.165) is 5.69 Å². The summed E-state index contributed by atoms with van der Waals surface area (Å²) < 4.78 is 0. The van der Waals surface area contributed by atoms with E-state index in [2.05, 4.69) is 5.48 Å². The molecule has 0 saturated heterocycles. The van der Waals surface area contributed by atoms with Crippen molar-refractivity contribution in [3.05, 3.63) is 30.3 Å². The molecule has 0 atom stereocenters. The lowest BCUT2D eigenvalue weighted by atomic mass is 10.3. The number of carbonyl (C=O) groups is 1. The van der Waals surface area contributed by atoms with Gasteiger partial charge in [-0.15, -0.1) is 0 Å². The molecule has 0 heterocycles. The first-order chi connectivity index (χ1) is 5.79. The average Bonchev–Trinajstić information content (AvgIpc) is 2.05. The maximum atomic E-state index is 10.5. The van der Waals surface area contributed by atoms with Crippen molar-refractivity contribution in [3.8, 4) is 0 Å². The highest BCUT2D eigenvalue weighted by Gasteiger charge is 1.92. The summed E-state index contributed by atoms with van der Waals surface area (Å²) in [7, 11) is 0. The van der Waals surface area contributed by atoms with Crippen molar-refractivity contribution in [1.82, 2.24) is 0 Å². The maximum absolute atomic E-state index is 10.5. The fraction of sp³-hybridized carbons (Fsp3) is 0.222. The Morgan fingerprint density at radius 3 is 2.67 bits per heavy atom. The van der Waals surface area contributed by atoms with E-state index < -0.39 is 0 Å². The molecule has 0 bridgehead atoms. The second kappa shape index (κ2) is 4.51. The number of para-hydroxylation sites is 1. The summed E-state index contributed by atoms with van der Waals surface area (Å²) in [5, 5.41) is 0. The third-order valence-corrected chi connectivity index (χ3v) is 1.24. The molecule has 12 heavy (non-hydrogen) atoms. The van der Waals surface area contributed by atoms with Crippen LogP contribution in [0.4, 0.5) is 5.69 Å². The van der Waals surface area contributed by atoms with Gasteiger partial charge in [-0.1, -0.05) is 18.2 Å². The molecule has 1 rings (SSSR count). The summed E-state index contributed by atoms with van der Waals surface area (Å²) >= 11 is 0. The number of rotatable bonds is 4. The molecule has 0 aliphatic carbocycles. The Hall–Kier alpha value is -1.35. The average molecular weight is 165 g/mol. The van der Waals surface area contributed by atoms with Crippen molar-refractivity contribution in [1.29, 1.82) is 0 Å². The number of benzene rings is 1. The van der Waals surface area contributed by atoms with Crippen LogP contribution in [0.3, 0.4) is 0 Å². The molecule has 0 aliphatic rings. The summed E-state index contributed by atoms with van der Waals surface area (Å²) in [6.45, 7) is 1.57. The minimum absolute atomic E-state index is 0.00145. The summed E-state index contributed by atoms with van der Waals surface area (Å²) in [5.41, 5.74) is 3.50. The minimum atomic E-state index is -0.00145. The SMILES string of the molecule is CC(=O)CONc1ccccc1. The number of carbonyl (C=O) groups excluding carboxylic acids is 1. The van der Waals surface area contributed by atoms with E-state index in [-0.39, 0.29) is 12.4 Å². The van der Waals surface area contributed by atoms with Crippen LogP contribution in [-0.2, 0) is 9.63 Å². The molecule has 0 fully saturated rings. The van der Waals surface area contributed by atoms with E-state index in [9.17, 15) is 4.79 Å². The molecule has 0 spiro atoms. The second-order valence-electron chi connectivity index (χ2n) is 2.46. The van der Waals surface area contributed by atoms with E-state index in [1.54, 1.807) is 0 Å². The number of ketones is 1. The Balaban J connectivity index is 2.29. The molecule has 1 aromatic carbocycles. The number of hydrogen-bond acceptors (Lipinski definition) is 3. The van der Waals surface area contributed by atoms with Crippen LogP contribution in [0.15, 0.2) is 30.3 Å². The van der Waals surface area contributed by atoms with Gasteiger partial charge in [-0.2, -0.15) is 0 Å². The largest absolute Gasteiger partial charge is 0.297 e. The molecule has 0 aliphatic heterocycles. The van der Waals surface area contributed by atoms with Gasteiger partial charge in [0.25, 0.3) is 0 Å². The molecule has 1 N–H and O–H groups in total. The predicted octanol–water partition coefficient (Wildman–Crippen LogP) is 1.62. The zero-order valence-corrected chi connectivity index (χ0v) is 6.91. The van der Waals surface area contributed by atoms with Crippen molar-refractivity contribution in [2.75, 3.05) is 12.1 Å². The monoisotopic (exact) mass is 165 g/mol. The molecular weight excluding hydrogens is 154 g/mol. The molecule has 0 amide bonds. The Bertz CT molecular complexity index is 246. The highest BCUT2D eigenvalue weighted by Crippen LogP contribution is 2.03. The van der Waals surface area contributed by atoms with E-state index in [1.165, 1.54) is 6.92 Å². The van der Waals surface area contributed by atoms with Gasteiger partial charge in [-0.3, -0.25) is 15.1 Å². The van der Waals surface area contributed by atoms with Gasteiger partial charge in [0.15, 0.2) is 5.78 Å². The molecule has 3 heteroatoms. The van der Waals surface area contributed by atoms with Crippen LogP contribution < -0.4 is 5.48 Å². The lowest BCUT2D eigenvalue weighted by Crippen LogP contribution is -2.08. The van der Waals surface area contributed by atoms with Gasteiger partial charge in [0, 0.05) is 0 Å². The first kappa shape index (κ1) is 8.74. The fourth-order valence-electron chi connectivity index (χ4n) is 0.727. The van der Waals surface area contributed by atoms with Gasteiger partial charge < -0.3 is 0 Å². The van der Waals surface area contributed by atoms with Crippen molar-refractivity contribution in [3.63, 3.8) is 0 Å². The first-order valence-corrected chi connectivity index (χ1v) is 3.71. The molecule has 64 valence electrons. The highest BCUT2D eigenvalue weighted by molar-refractivity contribution is 5.76. The molecule has 0 saturated carbocycles. The standard InChI is InChI=1S/C9H11NO2/c1-8(11)7-12-10-9-5-3-2-4-6-9/h2-6,10H,7H2,1H3. The zero-order chi connectivity index (χ0) is 8.81. The Labute approximate surface area is 71.3 Å². The third-order valence-electron chi connectivity index (χ3n) is 1.24. The van der Waals surface area contributed by atoms with Crippen LogP contribution >= 0.6 is 0 Å². The minimum Gasteiger partial charge on any atom is -0.297 e. The number of nitrogens with one attached hydrogen (secondary N) is 1. The predicted molar refractivity (Wildman–Crippen MR) is 46.7 cm³/mol. The van der Waals surface area contributed by atoms with Crippen molar-refractivity contribution < 1.29 is 9.63 Å². The Kier molecular flexibility index (Phi) is 3.29. The first-order valence-electron chi connectivity index (χ1n) is 3.71. The number of hydrogen-bond donors (Lipinski definition) is 1. The van der Waals surface area contributed by atoms with Crippen LogP contribution in [0.2, 0.25) is 0 Å². The normalized spacial score (nSPS) is 9.42. The maximum Gasteiger partial charge on any atom is 0.158 e. The van der Waals surface area contributed by atoms with Crippen LogP contribution in [0.1, 0.15) is 6.92 Å². The van der Waals surface area contributed by atoms with Crippen molar-refractivity contribution in [2.24, 2.45) is 0 Å². The summed E-state index contributed by atoms with van der Waals surface area (Å²) in [5.74, 6) is -0.00145. The van der Waals surface area contributed by atoms with Crippen LogP contribution in [-0.4, -0.2) is 12.4 Å². The fourth-order valence-corrected chi connectivity index (χ4v) is 0.727. The van der Waals surface area contributed by atoms with Crippen LogP contribution in [0, 0.1) is 0 Å². The number of Topliss-reactive ketones (excluding diaryl/α,β-unsaturated/α-hetero) is 1. The molecule has 1 aromatic rings.